The number of rotatable bonds is 7. The molecule has 0 heterocycles. The fraction of sp³-hybridized carbons (Fsp3) is 0.211. The molecule has 1 N–H and O–H groups in total. The highest BCUT2D eigenvalue weighted by Crippen LogP contribution is 2.14. The SMILES string of the molecule is C/C=C/[C@@H](O)[C@@H](OCc1ccccc1)C(=O)Oc1ccccc1. The summed E-state index contributed by atoms with van der Waals surface area (Å²) >= 11 is 0. The molecule has 2 aromatic rings. The first-order valence-electron chi connectivity index (χ1n) is 7.44. The molecule has 2 rings (SSSR count). The molecule has 23 heavy (non-hydrogen) atoms. The molecule has 0 aliphatic rings. The number of carbonyl (C=O) groups excluding carboxylic acids is 1. The standard InChI is InChI=1S/C19H20O4/c1-2-9-17(20)18(22-14-15-10-5-3-6-11-15)19(21)23-16-12-7-4-8-13-16/h2-13,17-18,20H,14H2,1H3/b9-2+/t17-,18-/m1/s1. The van der Waals surface area contributed by atoms with Crippen molar-refractivity contribution in [2.75, 3.05) is 0 Å². The average Bonchev–Trinajstić information content (AvgIpc) is 2.57. The predicted octanol–water partition coefficient (Wildman–Crippen LogP) is 3.11. The van der Waals surface area contributed by atoms with E-state index in [1.54, 1.807) is 37.3 Å². The van der Waals surface area contributed by atoms with Gasteiger partial charge in [-0.3, -0.25) is 0 Å². The molecule has 0 fully saturated rings. The molecule has 2 atom stereocenters. The highest BCUT2D eigenvalue weighted by molar-refractivity contribution is 5.78. The lowest BCUT2D eigenvalue weighted by Gasteiger charge is -2.20. The van der Waals surface area contributed by atoms with Crippen molar-refractivity contribution in [2.24, 2.45) is 0 Å². The van der Waals surface area contributed by atoms with Crippen LogP contribution in [0, 0.1) is 0 Å². The molecule has 4 nitrogen and oxygen atoms in total. The van der Waals surface area contributed by atoms with Crippen LogP contribution in [-0.4, -0.2) is 23.3 Å². The van der Waals surface area contributed by atoms with Crippen molar-refractivity contribution < 1.29 is 19.4 Å². The Bertz CT molecular complexity index is 622. The summed E-state index contributed by atoms with van der Waals surface area (Å²) in [4.78, 5) is 12.3. The van der Waals surface area contributed by atoms with E-state index in [0.29, 0.717) is 5.75 Å². The maximum Gasteiger partial charge on any atom is 0.343 e. The van der Waals surface area contributed by atoms with Gasteiger partial charge in [-0.2, -0.15) is 0 Å². The molecular weight excluding hydrogens is 292 g/mol. The second kappa shape index (κ2) is 8.88. The van der Waals surface area contributed by atoms with Crippen molar-refractivity contribution in [1.29, 1.82) is 0 Å². The molecule has 0 saturated heterocycles. The summed E-state index contributed by atoms with van der Waals surface area (Å²) in [7, 11) is 0. The van der Waals surface area contributed by atoms with Crippen LogP contribution in [0.5, 0.6) is 5.75 Å². The normalized spacial score (nSPS) is 13.7. The number of aliphatic hydroxyl groups excluding tert-OH is 1. The molecule has 0 aliphatic carbocycles. The molecule has 0 spiro atoms. The van der Waals surface area contributed by atoms with Gasteiger partial charge in [0.25, 0.3) is 0 Å². The summed E-state index contributed by atoms with van der Waals surface area (Å²) in [5.41, 5.74) is 0.915. The van der Waals surface area contributed by atoms with E-state index in [9.17, 15) is 9.90 Å². The number of allylic oxidation sites excluding steroid dienone is 1. The van der Waals surface area contributed by atoms with Crippen molar-refractivity contribution >= 4 is 5.97 Å². The zero-order valence-electron chi connectivity index (χ0n) is 13.0. The molecular formula is C19H20O4. The van der Waals surface area contributed by atoms with E-state index in [4.69, 9.17) is 9.47 Å². The van der Waals surface area contributed by atoms with E-state index in [0.717, 1.165) is 5.56 Å². The van der Waals surface area contributed by atoms with Crippen LogP contribution in [-0.2, 0) is 16.1 Å². The second-order valence-corrected chi connectivity index (χ2v) is 4.97. The first kappa shape index (κ1) is 16.9. The van der Waals surface area contributed by atoms with E-state index in [2.05, 4.69) is 0 Å². The van der Waals surface area contributed by atoms with Crippen LogP contribution in [0.2, 0.25) is 0 Å². The third-order valence-corrected chi connectivity index (χ3v) is 3.17. The van der Waals surface area contributed by atoms with Crippen LogP contribution in [0.1, 0.15) is 12.5 Å². The summed E-state index contributed by atoms with van der Waals surface area (Å²) in [5, 5.41) is 10.1. The topological polar surface area (TPSA) is 55.8 Å². The summed E-state index contributed by atoms with van der Waals surface area (Å²) in [6.45, 7) is 1.98. The summed E-state index contributed by atoms with van der Waals surface area (Å²) in [6.07, 6.45) is 1.01. The monoisotopic (exact) mass is 312 g/mol. The van der Waals surface area contributed by atoms with Crippen LogP contribution in [0.25, 0.3) is 0 Å². The number of ether oxygens (including phenoxy) is 2. The Hall–Kier alpha value is -2.43. The average molecular weight is 312 g/mol. The van der Waals surface area contributed by atoms with Crippen LogP contribution in [0.3, 0.4) is 0 Å². The van der Waals surface area contributed by atoms with Crippen molar-refractivity contribution in [3.8, 4) is 5.75 Å². The maximum atomic E-state index is 12.3. The Morgan fingerprint density at radius 3 is 2.30 bits per heavy atom. The zero-order chi connectivity index (χ0) is 16.5. The van der Waals surface area contributed by atoms with Gasteiger partial charge in [-0.15, -0.1) is 0 Å². The lowest BCUT2D eigenvalue weighted by molar-refractivity contribution is -0.154. The lowest BCUT2D eigenvalue weighted by atomic mass is 10.2. The van der Waals surface area contributed by atoms with Crippen molar-refractivity contribution in [1.82, 2.24) is 0 Å². The van der Waals surface area contributed by atoms with E-state index in [1.807, 2.05) is 36.4 Å². The molecule has 0 aliphatic heterocycles. The smallest absolute Gasteiger partial charge is 0.343 e. The van der Waals surface area contributed by atoms with Gasteiger partial charge in [0.05, 0.1) is 6.61 Å². The van der Waals surface area contributed by atoms with Gasteiger partial charge in [0.15, 0.2) is 6.10 Å². The Labute approximate surface area is 136 Å². The number of para-hydroxylation sites is 1. The summed E-state index contributed by atoms with van der Waals surface area (Å²) in [5.74, 6) is -0.212. The highest BCUT2D eigenvalue weighted by atomic mass is 16.6. The molecule has 2 aromatic carbocycles. The van der Waals surface area contributed by atoms with E-state index in [-0.39, 0.29) is 6.61 Å². The first-order valence-corrected chi connectivity index (χ1v) is 7.44. The van der Waals surface area contributed by atoms with Gasteiger partial charge in [-0.05, 0) is 24.6 Å². The molecule has 0 aromatic heterocycles. The van der Waals surface area contributed by atoms with E-state index < -0.39 is 18.2 Å². The first-order chi connectivity index (χ1) is 11.2. The van der Waals surface area contributed by atoms with Gasteiger partial charge in [-0.25, -0.2) is 4.79 Å². The minimum Gasteiger partial charge on any atom is -0.425 e. The molecule has 120 valence electrons. The number of hydrogen-bond donors (Lipinski definition) is 1. The Kier molecular flexibility index (Phi) is 6.54. The van der Waals surface area contributed by atoms with E-state index in [1.165, 1.54) is 6.08 Å². The van der Waals surface area contributed by atoms with Crippen molar-refractivity contribution in [3.05, 3.63) is 78.4 Å². The van der Waals surface area contributed by atoms with Gasteiger partial charge in [0, 0.05) is 0 Å². The minimum atomic E-state index is -1.09. The van der Waals surface area contributed by atoms with Crippen LogP contribution < -0.4 is 4.74 Å². The van der Waals surface area contributed by atoms with Crippen LogP contribution in [0.15, 0.2) is 72.8 Å². The van der Waals surface area contributed by atoms with Crippen LogP contribution in [0.4, 0.5) is 0 Å². The molecule has 0 amide bonds. The molecule has 4 heteroatoms. The number of aliphatic hydroxyl groups is 1. The molecule has 0 bridgehead atoms. The van der Waals surface area contributed by atoms with Gasteiger partial charge < -0.3 is 14.6 Å². The third-order valence-electron chi connectivity index (χ3n) is 3.17. The van der Waals surface area contributed by atoms with Gasteiger partial charge in [0.1, 0.15) is 11.9 Å². The number of benzene rings is 2. The highest BCUT2D eigenvalue weighted by Gasteiger charge is 2.28. The Morgan fingerprint density at radius 2 is 1.70 bits per heavy atom. The largest absolute Gasteiger partial charge is 0.425 e. The number of hydrogen-bond acceptors (Lipinski definition) is 4. The predicted molar refractivity (Wildman–Crippen MR) is 87.9 cm³/mol. The maximum absolute atomic E-state index is 12.3. The van der Waals surface area contributed by atoms with Crippen LogP contribution >= 0.6 is 0 Å². The third kappa shape index (κ3) is 5.36. The summed E-state index contributed by atoms with van der Waals surface area (Å²) < 4.78 is 10.9. The van der Waals surface area contributed by atoms with Gasteiger partial charge in [-0.1, -0.05) is 60.7 Å². The van der Waals surface area contributed by atoms with Crippen molar-refractivity contribution in [2.45, 2.75) is 25.7 Å². The zero-order valence-corrected chi connectivity index (χ0v) is 13.0. The summed E-state index contributed by atoms with van der Waals surface area (Å²) in [6, 6.07) is 18.2. The fourth-order valence-electron chi connectivity index (χ4n) is 2.03. The van der Waals surface area contributed by atoms with E-state index >= 15 is 0 Å². The Balaban J connectivity index is 2.05. The number of esters is 1. The lowest BCUT2D eigenvalue weighted by Crippen LogP contribution is -2.38. The quantitative estimate of drug-likeness (QED) is 0.485. The minimum absolute atomic E-state index is 0.212. The Morgan fingerprint density at radius 1 is 1.09 bits per heavy atom. The molecule has 0 saturated carbocycles. The van der Waals surface area contributed by atoms with Crippen molar-refractivity contribution in [3.63, 3.8) is 0 Å². The molecule has 0 radical (unpaired) electrons. The fourth-order valence-corrected chi connectivity index (χ4v) is 2.03. The number of carbonyl (C=O) groups is 1. The molecule has 0 unspecified atom stereocenters. The van der Waals surface area contributed by atoms with Gasteiger partial charge >= 0.3 is 5.97 Å². The second-order valence-electron chi connectivity index (χ2n) is 4.97. The van der Waals surface area contributed by atoms with Gasteiger partial charge in [0.2, 0.25) is 0 Å².